The van der Waals surface area contributed by atoms with Crippen molar-refractivity contribution >= 4 is 33.6 Å². The smallest absolute Gasteiger partial charge is 0.228 e. The van der Waals surface area contributed by atoms with Gasteiger partial charge in [-0.2, -0.15) is 0 Å². The summed E-state index contributed by atoms with van der Waals surface area (Å²) in [6.45, 7) is 5.98. The molecule has 0 aromatic heterocycles. The average Bonchev–Trinajstić information content (AvgIpc) is 2.54. The maximum Gasteiger partial charge on any atom is 0.228 e. The van der Waals surface area contributed by atoms with E-state index < -0.39 is 0 Å². The Kier molecular flexibility index (Phi) is 7.72. The van der Waals surface area contributed by atoms with Crippen molar-refractivity contribution in [3.8, 4) is 0 Å². The number of nitrogens with two attached hydrogens (primary N) is 1. The molecule has 0 bridgehead atoms. The third-order valence-corrected chi connectivity index (χ3v) is 5.20. The van der Waals surface area contributed by atoms with Gasteiger partial charge >= 0.3 is 0 Å². The Morgan fingerprint density at radius 2 is 2.05 bits per heavy atom. The SMILES string of the molecule is C[C@H](CC(=O)N1CCOCC1)[NH2+]CCSc1ccc(Br)cc1. The van der Waals surface area contributed by atoms with Gasteiger partial charge in [-0.3, -0.25) is 4.79 Å². The molecule has 22 heavy (non-hydrogen) atoms. The molecule has 122 valence electrons. The minimum Gasteiger partial charge on any atom is -0.378 e. The Labute approximate surface area is 145 Å². The van der Waals surface area contributed by atoms with Crippen LogP contribution in [0, 0.1) is 0 Å². The maximum atomic E-state index is 12.1. The summed E-state index contributed by atoms with van der Waals surface area (Å²) in [6, 6.07) is 8.71. The molecule has 2 rings (SSSR count). The summed E-state index contributed by atoms with van der Waals surface area (Å²) >= 11 is 5.30. The molecule has 1 saturated heterocycles. The number of carbonyl (C=O) groups is 1. The van der Waals surface area contributed by atoms with Gasteiger partial charge in [0.2, 0.25) is 5.91 Å². The molecule has 1 aromatic carbocycles. The first-order valence-corrected chi connectivity index (χ1v) is 9.50. The Bertz CT molecular complexity index is 464. The van der Waals surface area contributed by atoms with Crippen molar-refractivity contribution in [2.24, 2.45) is 0 Å². The summed E-state index contributed by atoms with van der Waals surface area (Å²) in [5.41, 5.74) is 0. The van der Waals surface area contributed by atoms with Crippen molar-refractivity contribution in [1.82, 2.24) is 4.90 Å². The molecule has 0 aliphatic carbocycles. The van der Waals surface area contributed by atoms with Crippen LogP contribution in [0.5, 0.6) is 0 Å². The highest BCUT2D eigenvalue weighted by atomic mass is 79.9. The van der Waals surface area contributed by atoms with Crippen LogP contribution in [0.15, 0.2) is 33.6 Å². The first kappa shape index (κ1) is 17.8. The van der Waals surface area contributed by atoms with Gasteiger partial charge in [0, 0.05) is 28.2 Å². The van der Waals surface area contributed by atoms with E-state index in [4.69, 9.17) is 4.74 Å². The number of rotatable bonds is 7. The van der Waals surface area contributed by atoms with Crippen LogP contribution in [-0.2, 0) is 9.53 Å². The molecule has 0 saturated carbocycles. The quantitative estimate of drug-likeness (QED) is 0.572. The summed E-state index contributed by atoms with van der Waals surface area (Å²) in [5.74, 6) is 1.31. The van der Waals surface area contributed by atoms with Crippen LogP contribution in [0.4, 0.5) is 0 Å². The Morgan fingerprint density at radius 1 is 1.36 bits per heavy atom. The van der Waals surface area contributed by atoms with Crippen LogP contribution in [-0.4, -0.2) is 55.4 Å². The highest BCUT2D eigenvalue weighted by Crippen LogP contribution is 2.19. The van der Waals surface area contributed by atoms with Gasteiger partial charge in [0.1, 0.15) is 0 Å². The lowest BCUT2D eigenvalue weighted by Gasteiger charge is -2.27. The third kappa shape index (κ3) is 6.28. The van der Waals surface area contributed by atoms with Gasteiger partial charge in [0.05, 0.1) is 32.2 Å². The number of carbonyl (C=O) groups excluding carboxylic acids is 1. The predicted octanol–water partition coefficient (Wildman–Crippen LogP) is 1.74. The number of hydrogen-bond acceptors (Lipinski definition) is 3. The van der Waals surface area contributed by atoms with Gasteiger partial charge in [-0.1, -0.05) is 15.9 Å². The lowest BCUT2D eigenvalue weighted by molar-refractivity contribution is -0.681. The van der Waals surface area contributed by atoms with E-state index in [1.54, 1.807) is 0 Å². The van der Waals surface area contributed by atoms with E-state index in [1.165, 1.54) is 4.90 Å². The van der Waals surface area contributed by atoms with Crippen LogP contribution in [0.3, 0.4) is 0 Å². The number of quaternary nitrogens is 1. The van der Waals surface area contributed by atoms with Crippen LogP contribution in [0.1, 0.15) is 13.3 Å². The minimum absolute atomic E-state index is 0.257. The van der Waals surface area contributed by atoms with E-state index in [-0.39, 0.29) is 5.91 Å². The molecule has 1 amide bonds. The number of amides is 1. The van der Waals surface area contributed by atoms with Gasteiger partial charge in [0.15, 0.2) is 0 Å². The number of ether oxygens (including phenoxy) is 1. The highest BCUT2D eigenvalue weighted by molar-refractivity contribution is 9.10. The van der Waals surface area contributed by atoms with Crippen LogP contribution >= 0.6 is 27.7 Å². The second-order valence-corrected chi connectivity index (χ2v) is 7.59. The summed E-state index contributed by atoms with van der Waals surface area (Å²) in [5, 5.41) is 2.27. The third-order valence-electron chi connectivity index (χ3n) is 3.63. The molecule has 0 spiro atoms. The highest BCUT2D eigenvalue weighted by Gasteiger charge is 2.20. The molecule has 4 nitrogen and oxygen atoms in total. The molecule has 1 heterocycles. The molecule has 1 atom stereocenters. The Balaban J connectivity index is 1.59. The zero-order chi connectivity index (χ0) is 15.8. The van der Waals surface area contributed by atoms with Gasteiger partial charge in [-0.25, -0.2) is 0 Å². The summed E-state index contributed by atoms with van der Waals surface area (Å²) in [7, 11) is 0. The first-order valence-electron chi connectivity index (χ1n) is 7.72. The first-order chi connectivity index (χ1) is 10.6. The summed E-state index contributed by atoms with van der Waals surface area (Å²) in [4.78, 5) is 15.3. The summed E-state index contributed by atoms with van der Waals surface area (Å²) in [6.07, 6.45) is 0.614. The molecule has 1 aromatic rings. The Morgan fingerprint density at radius 3 is 2.73 bits per heavy atom. The molecule has 1 fully saturated rings. The number of nitrogens with zero attached hydrogens (tertiary/aromatic N) is 1. The lowest BCUT2D eigenvalue weighted by atomic mass is 10.2. The zero-order valence-electron chi connectivity index (χ0n) is 13.0. The van der Waals surface area contributed by atoms with Crippen molar-refractivity contribution in [3.63, 3.8) is 0 Å². The standard InChI is InChI=1S/C16H23BrN2O2S/c1-13(12-16(20)19-7-9-21-10-8-19)18-6-11-22-15-4-2-14(17)3-5-15/h2-5,13,18H,6-12H2,1H3/p+1/t13-/m1/s1. The van der Waals surface area contributed by atoms with Crippen LogP contribution < -0.4 is 5.32 Å². The Hall–Kier alpha value is -0.560. The monoisotopic (exact) mass is 387 g/mol. The fourth-order valence-corrected chi connectivity index (χ4v) is 3.44. The number of halogens is 1. The van der Waals surface area contributed by atoms with Gasteiger partial charge in [-0.05, 0) is 31.2 Å². The maximum absolute atomic E-state index is 12.1. The fourth-order valence-electron chi connectivity index (χ4n) is 2.36. The normalized spacial score (nSPS) is 16.5. The topological polar surface area (TPSA) is 46.2 Å². The fraction of sp³-hybridized carbons (Fsp3) is 0.562. The molecule has 6 heteroatoms. The average molecular weight is 388 g/mol. The number of thioether (sulfide) groups is 1. The number of hydrogen-bond donors (Lipinski definition) is 1. The van der Waals surface area contributed by atoms with Crippen molar-refractivity contribution in [1.29, 1.82) is 0 Å². The molecule has 1 aliphatic rings. The van der Waals surface area contributed by atoms with Crippen LogP contribution in [0.25, 0.3) is 0 Å². The van der Waals surface area contributed by atoms with Gasteiger partial charge < -0.3 is 15.0 Å². The summed E-state index contributed by atoms with van der Waals surface area (Å²) < 4.78 is 6.39. The molecule has 0 radical (unpaired) electrons. The second kappa shape index (κ2) is 9.55. The van der Waals surface area contributed by atoms with E-state index in [0.29, 0.717) is 25.7 Å². The van der Waals surface area contributed by atoms with Crippen LogP contribution in [0.2, 0.25) is 0 Å². The van der Waals surface area contributed by atoms with Gasteiger partial charge in [-0.15, -0.1) is 11.8 Å². The van der Waals surface area contributed by atoms with E-state index in [2.05, 4.69) is 52.4 Å². The van der Waals surface area contributed by atoms with Crippen molar-refractivity contribution < 1.29 is 14.8 Å². The molecular formula is C16H24BrN2O2S+. The zero-order valence-corrected chi connectivity index (χ0v) is 15.4. The molecule has 0 unspecified atom stereocenters. The van der Waals surface area contributed by atoms with Crippen molar-refractivity contribution in [2.45, 2.75) is 24.3 Å². The predicted molar refractivity (Wildman–Crippen MR) is 93.1 cm³/mol. The molecule has 1 aliphatic heterocycles. The lowest BCUT2D eigenvalue weighted by Crippen LogP contribution is -2.90. The number of morpholine rings is 1. The van der Waals surface area contributed by atoms with Crippen molar-refractivity contribution in [3.05, 3.63) is 28.7 Å². The van der Waals surface area contributed by atoms with Crippen molar-refractivity contribution in [2.75, 3.05) is 38.6 Å². The van der Waals surface area contributed by atoms with E-state index >= 15 is 0 Å². The minimum atomic E-state index is 0.257. The number of benzene rings is 1. The van der Waals surface area contributed by atoms with E-state index in [0.717, 1.165) is 29.9 Å². The molecular weight excluding hydrogens is 364 g/mol. The largest absolute Gasteiger partial charge is 0.378 e. The molecule has 2 N–H and O–H groups in total. The van der Waals surface area contributed by atoms with Gasteiger partial charge in [0.25, 0.3) is 0 Å². The second-order valence-electron chi connectivity index (χ2n) is 5.50. The van der Waals surface area contributed by atoms with E-state index in [1.807, 2.05) is 16.7 Å². The van der Waals surface area contributed by atoms with E-state index in [9.17, 15) is 4.79 Å².